The summed E-state index contributed by atoms with van der Waals surface area (Å²) in [6.45, 7) is 3.51. The van der Waals surface area contributed by atoms with E-state index in [-0.39, 0.29) is 29.5 Å². The zero-order chi connectivity index (χ0) is 32.6. The van der Waals surface area contributed by atoms with Crippen LogP contribution >= 0.6 is 39.1 Å². The van der Waals surface area contributed by atoms with Crippen molar-refractivity contribution in [2.45, 2.75) is 44.2 Å². The summed E-state index contributed by atoms with van der Waals surface area (Å²) in [5.41, 5.74) is 2.46. The molecule has 236 valence electrons. The summed E-state index contributed by atoms with van der Waals surface area (Å²) in [6.07, 6.45) is 0.882. The number of hydrogen-bond acceptors (Lipinski definition) is 4. The molecule has 11 heteroatoms. The first-order valence-corrected chi connectivity index (χ1v) is 17.4. The summed E-state index contributed by atoms with van der Waals surface area (Å²) in [6, 6.07) is 26.4. The molecule has 4 rings (SSSR count). The third-order valence-electron chi connectivity index (χ3n) is 7.21. The van der Waals surface area contributed by atoms with E-state index in [9.17, 15) is 18.0 Å². The molecule has 2 amide bonds. The fourth-order valence-corrected chi connectivity index (χ4v) is 6.94. The number of rotatable bonds is 13. The van der Waals surface area contributed by atoms with Crippen LogP contribution in [0, 0.1) is 6.92 Å². The number of amides is 2. The van der Waals surface area contributed by atoms with Gasteiger partial charge in [-0.2, -0.15) is 0 Å². The Balaban J connectivity index is 1.82. The van der Waals surface area contributed by atoms with Gasteiger partial charge in [-0.25, -0.2) is 8.42 Å². The first-order chi connectivity index (χ1) is 21.5. The van der Waals surface area contributed by atoms with E-state index in [4.69, 9.17) is 23.2 Å². The van der Waals surface area contributed by atoms with Gasteiger partial charge in [-0.1, -0.05) is 100 Å². The SMILES string of the molecule is CCCNC(=O)[C@@H](Cc1ccccc1)N(Cc1c(Cl)cccc1Cl)C(=O)CN(c1ccc(Br)cc1)S(=O)(=O)c1ccc(C)cc1. The standard InChI is InChI=1S/C34H34BrCl2N3O4S/c1-3-20-38-34(42)32(21-25-8-5-4-6-9-25)39(22-29-30(36)10-7-11-31(29)37)33(41)23-40(27-16-14-26(35)15-17-27)45(43,44)28-18-12-24(2)13-19-28/h4-19,32H,3,20-23H2,1-2H3,(H,38,42)/t32-/m1/s1. The van der Waals surface area contributed by atoms with Crippen molar-refractivity contribution in [3.63, 3.8) is 0 Å². The molecule has 0 heterocycles. The lowest BCUT2D eigenvalue weighted by Crippen LogP contribution is -2.53. The Morgan fingerprint density at radius 2 is 1.49 bits per heavy atom. The van der Waals surface area contributed by atoms with Crippen LogP contribution in [0.25, 0.3) is 0 Å². The lowest BCUT2D eigenvalue weighted by molar-refractivity contribution is -0.140. The van der Waals surface area contributed by atoms with E-state index in [1.165, 1.54) is 17.0 Å². The molecule has 7 nitrogen and oxygen atoms in total. The molecule has 0 aliphatic heterocycles. The van der Waals surface area contributed by atoms with Crippen LogP contribution < -0.4 is 9.62 Å². The topological polar surface area (TPSA) is 86.8 Å². The molecule has 0 bridgehead atoms. The van der Waals surface area contributed by atoms with Crippen LogP contribution in [0.1, 0.15) is 30.0 Å². The van der Waals surface area contributed by atoms with Crippen molar-refractivity contribution in [3.05, 3.63) is 128 Å². The second kappa shape index (κ2) is 15.8. The lowest BCUT2D eigenvalue weighted by Gasteiger charge is -2.34. The lowest BCUT2D eigenvalue weighted by atomic mass is 10.0. The highest BCUT2D eigenvalue weighted by Crippen LogP contribution is 2.29. The van der Waals surface area contributed by atoms with Gasteiger partial charge >= 0.3 is 0 Å². The van der Waals surface area contributed by atoms with Gasteiger partial charge in [0, 0.05) is 39.6 Å². The highest BCUT2D eigenvalue weighted by molar-refractivity contribution is 9.10. The van der Waals surface area contributed by atoms with Crippen LogP contribution in [-0.2, 0) is 32.6 Å². The molecule has 0 spiro atoms. The average molecular weight is 732 g/mol. The number of nitrogens with one attached hydrogen (secondary N) is 1. The molecular formula is C34H34BrCl2N3O4S. The summed E-state index contributed by atoms with van der Waals surface area (Å²) in [7, 11) is -4.20. The Morgan fingerprint density at radius 3 is 2.09 bits per heavy atom. The van der Waals surface area contributed by atoms with E-state index in [1.54, 1.807) is 54.6 Å². The quantitative estimate of drug-likeness (QED) is 0.155. The van der Waals surface area contributed by atoms with Gasteiger partial charge in [0.2, 0.25) is 11.8 Å². The molecule has 0 unspecified atom stereocenters. The van der Waals surface area contributed by atoms with Gasteiger partial charge in [-0.15, -0.1) is 0 Å². The van der Waals surface area contributed by atoms with Crippen LogP contribution in [0.3, 0.4) is 0 Å². The van der Waals surface area contributed by atoms with Crippen molar-refractivity contribution in [2.24, 2.45) is 0 Å². The average Bonchev–Trinajstić information content (AvgIpc) is 3.02. The number of hydrogen-bond donors (Lipinski definition) is 1. The van der Waals surface area contributed by atoms with Crippen LogP contribution in [0.2, 0.25) is 10.0 Å². The zero-order valence-electron chi connectivity index (χ0n) is 24.9. The van der Waals surface area contributed by atoms with Crippen molar-refractivity contribution in [1.29, 1.82) is 0 Å². The van der Waals surface area contributed by atoms with Crippen molar-refractivity contribution < 1.29 is 18.0 Å². The minimum absolute atomic E-state index is 0.0334. The maximum Gasteiger partial charge on any atom is 0.264 e. The van der Waals surface area contributed by atoms with E-state index in [0.717, 1.165) is 19.9 Å². The van der Waals surface area contributed by atoms with Gasteiger partial charge in [-0.3, -0.25) is 13.9 Å². The van der Waals surface area contributed by atoms with Crippen molar-refractivity contribution in [2.75, 3.05) is 17.4 Å². The number of nitrogens with zero attached hydrogens (tertiary/aromatic N) is 2. The van der Waals surface area contributed by atoms with E-state index in [2.05, 4.69) is 21.2 Å². The molecule has 0 aromatic heterocycles. The maximum absolute atomic E-state index is 14.5. The Bertz CT molecular complexity index is 1700. The van der Waals surface area contributed by atoms with Crippen molar-refractivity contribution in [1.82, 2.24) is 10.2 Å². The summed E-state index contributed by atoms with van der Waals surface area (Å²) in [5, 5.41) is 3.57. The largest absolute Gasteiger partial charge is 0.354 e. The first-order valence-electron chi connectivity index (χ1n) is 14.4. The van der Waals surface area contributed by atoms with Crippen molar-refractivity contribution >= 4 is 66.7 Å². The summed E-state index contributed by atoms with van der Waals surface area (Å²) in [5.74, 6) is -0.967. The number of carbonyl (C=O) groups excluding carboxylic acids is 2. The predicted octanol–water partition coefficient (Wildman–Crippen LogP) is 7.43. The number of benzene rings is 4. The van der Waals surface area contributed by atoms with Gasteiger partial charge in [0.05, 0.1) is 10.6 Å². The third-order valence-corrected chi connectivity index (χ3v) is 10.2. The number of aryl methyl sites for hydroxylation is 1. The van der Waals surface area contributed by atoms with Crippen LogP contribution in [0.5, 0.6) is 0 Å². The van der Waals surface area contributed by atoms with Crippen LogP contribution in [-0.4, -0.2) is 44.3 Å². The normalized spacial score (nSPS) is 11.9. The summed E-state index contributed by atoms with van der Waals surface area (Å²) in [4.78, 5) is 29.7. The van der Waals surface area contributed by atoms with E-state index in [0.29, 0.717) is 28.6 Å². The summed E-state index contributed by atoms with van der Waals surface area (Å²) >= 11 is 16.5. The van der Waals surface area contributed by atoms with Crippen LogP contribution in [0.4, 0.5) is 5.69 Å². The molecule has 45 heavy (non-hydrogen) atoms. The summed E-state index contributed by atoms with van der Waals surface area (Å²) < 4.78 is 30.0. The molecule has 0 fully saturated rings. The first kappa shape index (κ1) is 34.5. The second-order valence-electron chi connectivity index (χ2n) is 10.5. The molecule has 0 aliphatic carbocycles. The van der Waals surface area contributed by atoms with E-state index in [1.807, 2.05) is 44.2 Å². The molecule has 1 atom stereocenters. The number of halogens is 3. The molecule has 1 N–H and O–H groups in total. The van der Waals surface area contributed by atoms with Crippen molar-refractivity contribution in [3.8, 4) is 0 Å². The Morgan fingerprint density at radius 1 is 0.867 bits per heavy atom. The fraction of sp³-hybridized carbons (Fsp3) is 0.235. The third kappa shape index (κ3) is 8.88. The predicted molar refractivity (Wildman–Crippen MR) is 184 cm³/mol. The van der Waals surface area contributed by atoms with Gasteiger partial charge in [0.25, 0.3) is 10.0 Å². The van der Waals surface area contributed by atoms with Gasteiger partial charge < -0.3 is 10.2 Å². The Hall–Kier alpha value is -3.37. The zero-order valence-corrected chi connectivity index (χ0v) is 28.8. The van der Waals surface area contributed by atoms with Gasteiger partial charge in [-0.05, 0) is 67.4 Å². The van der Waals surface area contributed by atoms with E-state index < -0.39 is 28.5 Å². The minimum atomic E-state index is -4.20. The number of carbonyl (C=O) groups is 2. The number of anilines is 1. The Labute approximate surface area is 283 Å². The minimum Gasteiger partial charge on any atom is -0.354 e. The van der Waals surface area contributed by atoms with Gasteiger partial charge in [0.15, 0.2) is 0 Å². The molecule has 4 aromatic rings. The molecule has 4 aromatic carbocycles. The molecule has 0 aliphatic rings. The highest BCUT2D eigenvalue weighted by Gasteiger charge is 2.35. The molecule has 0 saturated carbocycles. The monoisotopic (exact) mass is 729 g/mol. The smallest absolute Gasteiger partial charge is 0.264 e. The molecule has 0 saturated heterocycles. The number of sulfonamides is 1. The van der Waals surface area contributed by atoms with Gasteiger partial charge in [0.1, 0.15) is 12.6 Å². The fourth-order valence-electron chi connectivity index (χ4n) is 4.75. The maximum atomic E-state index is 14.5. The second-order valence-corrected chi connectivity index (χ2v) is 14.1. The van der Waals surface area contributed by atoms with Crippen LogP contribution in [0.15, 0.2) is 106 Å². The Kier molecular flexibility index (Phi) is 12.1. The molecular weight excluding hydrogens is 697 g/mol. The van der Waals surface area contributed by atoms with E-state index >= 15 is 0 Å². The highest BCUT2D eigenvalue weighted by atomic mass is 79.9. The molecule has 0 radical (unpaired) electrons.